The molecule has 1 aromatic rings. The first-order chi connectivity index (χ1) is 7.79. The second-order valence-electron chi connectivity index (χ2n) is 5.04. The Hall–Kier alpha value is -0.830. The summed E-state index contributed by atoms with van der Waals surface area (Å²) in [5, 5.41) is 3.00. The predicted octanol–water partition coefficient (Wildman–Crippen LogP) is 3.22. The predicted molar refractivity (Wildman–Crippen MR) is 75.5 cm³/mol. The van der Waals surface area contributed by atoms with Crippen molar-refractivity contribution in [2.75, 3.05) is 0 Å². The van der Waals surface area contributed by atoms with E-state index in [-0.39, 0.29) is 11.9 Å². The maximum absolute atomic E-state index is 11.8. The van der Waals surface area contributed by atoms with Gasteiger partial charge in [-0.3, -0.25) is 4.79 Å². The Morgan fingerprint density at radius 3 is 2.65 bits per heavy atom. The van der Waals surface area contributed by atoms with Crippen LogP contribution in [0, 0.1) is 6.92 Å². The van der Waals surface area contributed by atoms with Crippen molar-refractivity contribution < 1.29 is 4.79 Å². The first kappa shape index (κ1) is 14.2. The van der Waals surface area contributed by atoms with Crippen molar-refractivity contribution in [3.8, 4) is 0 Å². The first-order valence-electron chi connectivity index (χ1n) is 5.84. The molecule has 17 heavy (non-hydrogen) atoms. The van der Waals surface area contributed by atoms with Crippen LogP contribution < -0.4 is 5.32 Å². The third kappa shape index (κ3) is 4.90. The fraction of sp³-hybridized carbons (Fsp3) is 0.500. The van der Waals surface area contributed by atoms with Crippen LogP contribution in [0.2, 0.25) is 0 Å². The Morgan fingerprint density at radius 1 is 1.47 bits per heavy atom. The number of amides is 1. The Kier molecular flexibility index (Phi) is 4.75. The molecule has 0 aliphatic rings. The van der Waals surface area contributed by atoms with E-state index in [2.05, 4.69) is 46.4 Å². The van der Waals surface area contributed by atoms with Crippen molar-refractivity contribution >= 4 is 21.8 Å². The molecule has 0 radical (unpaired) electrons. The van der Waals surface area contributed by atoms with Gasteiger partial charge in [0.05, 0.1) is 4.32 Å². The van der Waals surface area contributed by atoms with Crippen LogP contribution in [0.3, 0.4) is 0 Å². The van der Waals surface area contributed by atoms with E-state index in [1.807, 2.05) is 26.8 Å². The van der Waals surface area contributed by atoms with Crippen molar-refractivity contribution in [3.05, 3.63) is 35.4 Å². The number of hydrogen-bond donors (Lipinski definition) is 1. The first-order valence-corrected chi connectivity index (χ1v) is 6.64. The van der Waals surface area contributed by atoms with Crippen molar-refractivity contribution in [1.29, 1.82) is 0 Å². The van der Waals surface area contributed by atoms with Crippen LogP contribution in [0.25, 0.3) is 0 Å². The summed E-state index contributed by atoms with van der Waals surface area (Å²) >= 11 is 3.36. The van der Waals surface area contributed by atoms with Crippen LogP contribution >= 0.6 is 15.9 Å². The van der Waals surface area contributed by atoms with Gasteiger partial charge in [-0.1, -0.05) is 45.8 Å². The number of halogens is 1. The van der Waals surface area contributed by atoms with Gasteiger partial charge in [0.1, 0.15) is 0 Å². The lowest BCUT2D eigenvalue weighted by Crippen LogP contribution is -2.43. The van der Waals surface area contributed by atoms with Gasteiger partial charge in [0.2, 0.25) is 5.91 Å². The highest BCUT2D eigenvalue weighted by Crippen LogP contribution is 2.16. The van der Waals surface area contributed by atoms with Gasteiger partial charge in [-0.2, -0.15) is 0 Å². The highest BCUT2D eigenvalue weighted by atomic mass is 79.9. The van der Waals surface area contributed by atoms with Gasteiger partial charge in [0.25, 0.3) is 0 Å². The Labute approximate surface area is 112 Å². The topological polar surface area (TPSA) is 29.1 Å². The molecule has 1 amide bonds. The summed E-state index contributed by atoms with van der Waals surface area (Å²) in [6, 6.07) is 8.51. The summed E-state index contributed by atoms with van der Waals surface area (Å²) in [6.45, 7) is 7.80. The molecule has 1 aromatic carbocycles. The molecule has 0 saturated heterocycles. The van der Waals surface area contributed by atoms with Crippen LogP contribution in [-0.2, 0) is 11.2 Å². The van der Waals surface area contributed by atoms with Crippen molar-refractivity contribution in [2.24, 2.45) is 0 Å². The maximum atomic E-state index is 11.8. The van der Waals surface area contributed by atoms with Gasteiger partial charge in [0, 0.05) is 6.04 Å². The molecule has 0 saturated carbocycles. The number of aryl methyl sites for hydroxylation is 1. The summed E-state index contributed by atoms with van der Waals surface area (Å²) in [5.41, 5.74) is 2.51. The number of alkyl halides is 1. The van der Waals surface area contributed by atoms with E-state index in [4.69, 9.17) is 0 Å². The number of carbonyl (C=O) groups excluding carboxylic acids is 1. The third-order valence-corrected chi connectivity index (χ3v) is 2.90. The summed E-state index contributed by atoms with van der Waals surface area (Å²) in [4.78, 5) is 11.8. The number of rotatable bonds is 4. The minimum absolute atomic E-state index is 0.0256. The number of carbonyl (C=O) groups is 1. The van der Waals surface area contributed by atoms with Gasteiger partial charge in [0.15, 0.2) is 0 Å². The molecule has 0 bridgehead atoms. The average Bonchev–Trinajstić information content (AvgIpc) is 2.15. The molecule has 1 rings (SSSR count). The summed E-state index contributed by atoms with van der Waals surface area (Å²) in [6.07, 6.45) is 0.858. The van der Waals surface area contributed by atoms with E-state index in [1.165, 1.54) is 11.1 Å². The van der Waals surface area contributed by atoms with Crippen LogP contribution in [0.5, 0.6) is 0 Å². The minimum Gasteiger partial charge on any atom is -0.352 e. The van der Waals surface area contributed by atoms with E-state index >= 15 is 0 Å². The monoisotopic (exact) mass is 297 g/mol. The summed E-state index contributed by atoms with van der Waals surface area (Å²) in [5.74, 6) is 0.0256. The quantitative estimate of drug-likeness (QED) is 0.850. The second-order valence-corrected chi connectivity index (χ2v) is 7.02. The molecular weight excluding hydrogens is 278 g/mol. The molecule has 0 aromatic heterocycles. The highest BCUT2D eigenvalue weighted by molar-refractivity contribution is 9.10. The van der Waals surface area contributed by atoms with Gasteiger partial charge < -0.3 is 5.32 Å². The zero-order valence-electron chi connectivity index (χ0n) is 10.9. The minimum atomic E-state index is -0.506. The molecule has 0 fully saturated rings. The lowest BCUT2D eigenvalue weighted by atomic mass is 10.0. The zero-order chi connectivity index (χ0) is 13.1. The molecule has 3 heteroatoms. The molecule has 1 atom stereocenters. The van der Waals surface area contributed by atoms with Gasteiger partial charge in [-0.15, -0.1) is 0 Å². The van der Waals surface area contributed by atoms with Crippen molar-refractivity contribution in [1.82, 2.24) is 5.32 Å². The van der Waals surface area contributed by atoms with E-state index in [9.17, 15) is 4.79 Å². The van der Waals surface area contributed by atoms with Gasteiger partial charge >= 0.3 is 0 Å². The molecule has 0 aliphatic carbocycles. The largest absolute Gasteiger partial charge is 0.352 e. The molecule has 94 valence electrons. The Morgan fingerprint density at radius 2 is 2.12 bits per heavy atom. The molecule has 0 heterocycles. The van der Waals surface area contributed by atoms with Gasteiger partial charge in [-0.25, -0.2) is 0 Å². The fourth-order valence-corrected chi connectivity index (χ4v) is 1.75. The van der Waals surface area contributed by atoms with Crippen LogP contribution in [0.15, 0.2) is 24.3 Å². The van der Waals surface area contributed by atoms with E-state index in [1.54, 1.807) is 0 Å². The van der Waals surface area contributed by atoms with Crippen molar-refractivity contribution in [3.63, 3.8) is 0 Å². The van der Waals surface area contributed by atoms with Crippen molar-refractivity contribution in [2.45, 2.75) is 44.5 Å². The number of hydrogen-bond acceptors (Lipinski definition) is 1. The number of benzene rings is 1. The van der Waals surface area contributed by atoms with E-state index in [0.717, 1.165) is 6.42 Å². The molecular formula is C14H20BrNO. The van der Waals surface area contributed by atoms with E-state index < -0.39 is 4.32 Å². The molecule has 0 spiro atoms. The average molecular weight is 298 g/mol. The lowest BCUT2D eigenvalue weighted by molar-refractivity contribution is -0.123. The van der Waals surface area contributed by atoms with Gasteiger partial charge in [-0.05, 0) is 39.7 Å². The number of nitrogens with one attached hydrogen (secondary N) is 1. The smallest absolute Gasteiger partial charge is 0.236 e. The lowest BCUT2D eigenvalue weighted by Gasteiger charge is -2.20. The normalized spacial score (nSPS) is 13.2. The highest BCUT2D eigenvalue weighted by Gasteiger charge is 2.24. The zero-order valence-corrected chi connectivity index (χ0v) is 12.5. The molecule has 1 unspecified atom stereocenters. The van der Waals surface area contributed by atoms with E-state index in [0.29, 0.717) is 0 Å². The van der Waals surface area contributed by atoms with Crippen LogP contribution in [0.4, 0.5) is 0 Å². The maximum Gasteiger partial charge on any atom is 0.236 e. The molecule has 2 nitrogen and oxygen atoms in total. The summed E-state index contributed by atoms with van der Waals surface area (Å²) in [7, 11) is 0. The fourth-order valence-electron chi connectivity index (χ4n) is 1.64. The molecule has 1 N–H and O–H groups in total. The summed E-state index contributed by atoms with van der Waals surface area (Å²) < 4.78 is -0.506. The van der Waals surface area contributed by atoms with Crippen LogP contribution in [-0.4, -0.2) is 16.3 Å². The Balaban J connectivity index is 2.56. The SMILES string of the molecule is Cc1cccc(CC(C)NC(=O)C(C)(C)Br)c1. The second kappa shape index (κ2) is 5.67. The third-order valence-electron chi connectivity index (χ3n) is 2.54. The molecule has 0 aliphatic heterocycles. The standard InChI is InChI=1S/C14H20BrNO/c1-10-6-5-7-12(8-10)9-11(2)16-13(17)14(3,4)15/h5-8,11H,9H2,1-4H3,(H,16,17). The Bertz CT molecular complexity index is 395. The van der Waals surface area contributed by atoms with Crippen LogP contribution in [0.1, 0.15) is 31.9 Å².